The minimum absolute atomic E-state index is 0.172. The molecular formula is C15H15N5O. The number of hydrogen-bond donors (Lipinski definition) is 2. The lowest BCUT2D eigenvalue weighted by Crippen LogP contribution is -2.14. The lowest BCUT2D eigenvalue weighted by molar-refractivity contribution is 0.102. The summed E-state index contributed by atoms with van der Waals surface area (Å²) in [4.78, 5) is 12.3. The van der Waals surface area contributed by atoms with Gasteiger partial charge in [0.2, 0.25) is 0 Å². The molecule has 0 aliphatic rings. The Morgan fingerprint density at radius 1 is 1.33 bits per heavy atom. The quantitative estimate of drug-likeness (QED) is 0.770. The molecule has 6 nitrogen and oxygen atoms in total. The molecule has 2 aromatic heterocycles. The van der Waals surface area contributed by atoms with Crippen LogP contribution in [0.3, 0.4) is 0 Å². The standard InChI is InChI=1S/C15H15N5O/c1-11-13(9-16-19-11)15(21)18-14-6-3-2-5-12(14)10-20-8-4-7-17-20/h2-9H,10H2,1H3,(H,16,19)(H,18,21). The van der Waals surface area contributed by atoms with Gasteiger partial charge in [-0.15, -0.1) is 0 Å². The largest absolute Gasteiger partial charge is 0.322 e. The van der Waals surface area contributed by atoms with Gasteiger partial charge in [-0.3, -0.25) is 14.6 Å². The third kappa shape index (κ3) is 2.84. The highest BCUT2D eigenvalue weighted by Crippen LogP contribution is 2.17. The monoisotopic (exact) mass is 281 g/mol. The number of carbonyl (C=O) groups is 1. The number of nitrogens with zero attached hydrogens (tertiary/aromatic N) is 3. The van der Waals surface area contributed by atoms with Crippen LogP contribution in [0.4, 0.5) is 5.69 Å². The average Bonchev–Trinajstić information content (AvgIpc) is 3.12. The number of nitrogens with one attached hydrogen (secondary N) is 2. The molecule has 2 heterocycles. The number of aryl methyl sites for hydroxylation is 1. The molecular weight excluding hydrogens is 266 g/mol. The fraction of sp³-hybridized carbons (Fsp3) is 0.133. The second-order valence-electron chi connectivity index (χ2n) is 4.72. The van der Waals surface area contributed by atoms with E-state index >= 15 is 0 Å². The molecule has 0 aliphatic carbocycles. The highest BCUT2D eigenvalue weighted by Gasteiger charge is 2.12. The molecule has 0 unspecified atom stereocenters. The predicted molar refractivity (Wildman–Crippen MR) is 79.0 cm³/mol. The molecule has 0 saturated heterocycles. The first kappa shape index (κ1) is 13.1. The van der Waals surface area contributed by atoms with E-state index in [9.17, 15) is 4.79 Å². The van der Waals surface area contributed by atoms with Crippen LogP contribution >= 0.6 is 0 Å². The highest BCUT2D eigenvalue weighted by molar-refractivity contribution is 6.05. The van der Waals surface area contributed by atoms with E-state index in [4.69, 9.17) is 0 Å². The number of carbonyl (C=O) groups excluding carboxylic acids is 1. The molecule has 3 aromatic rings. The lowest BCUT2D eigenvalue weighted by Gasteiger charge is -2.11. The Kier molecular flexibility index (Phi) is 3.51. The van der Waals surface area contributed by atoms with Gasteiger partial charge < -0.3 is 5.32 Å². The minimum atomic E-state index is -0.172. The summed E-state index contributed by atoms with van der Waals surface area (Å²) in [5, 5.41) is 13.7. The van der Waals surface area contributed by atoms with Gasteiger partial charge in [0.15, 0.2) is 0 Å². The number of H-pyrrole nitrogens is 1. The first-order chi connectivity index (χ1) is 10.2. The fourth-order valence-electron chi connectivity index (χ4n) is 2.12. The molecule has 0 fully saturated rings. The van der Waals surface area contributed by atoms with Crippen LogP contribution in [0.1, 0.15) is 21.6 Å². The van der Waals surface area contributed by atoms with Crippen molar-refractivity contribution in [1.82, 2.24) is 20.0 Å². The molecule has 0 aliphatic heterocycles. The van der Waals surface area contributed by atoms with Crippen molar-refractivity contribution in [1.29, 1.82) is 0 Å². The highest BCUT2D eigenvalue weighted by atomic mass is 16.1. The summed E-state index contributed by atoms with van der Waals surface area (Å²) >= 11 is 0. The number of para-hydroxylation sites is 1. The summed E-state index contributed by atoms with van der Waals surface area (Å²) in [5.41, 5.74) is 3.07. The van der Waals surface area contributed by atoms with Crippen molar-refractivity contribution in [2.45, 2.75) is 13.5 Å². The topological polar surface area (TPSA) is 75.6 Å². The first-order valence-electron chi connectivity index (χ1n) is 6.60. The van der Waals surface area contributed by atoms with Crippen molar-refractivity contribution in [2.24, 2.45) is 0 Å². The molecule has 0 atom stereocenters. The van der Waals surface area contributed by atoms with Crippen LogP contribution in [0.2, 0.25) is 0 Å². The number of aromatic amines is 1. The van der Waals surface area contributed by atoms with Crippen LogP contribution in [0.25, 0.3) is 0 Å². The normalized spacial score (nSPS) is 10.5. The van der Waals surface area contributed by atoms with Gasteiger partial charge in [-0.25, -0.2) is 0 Å². The van der Waals surface area contributed by atoms with Gasteiger partial charge in [0, 0.05) is 23.8 Å². The summed E-state index contributed by atoms with van der Waals surface area (Å²) in [5.74, 6) is -0.172. The second-order valence-corrected chi connectivity index (χ2v) is 4.72. The molecule has 6 heteroatoms. The number of anilines is 1. The van der Waals surface area contributed by atoms with E-state index in [2.05, 4.69) is 20.6 Å². The maximum absolute atomic E-state index is 12.3. The Bertz CT molecular complexity index is 745. The summed E-state index contributed by atoms with van der Waals surface area (Å²) in [6.07, 6.45) is 5.15. The molecule has 1 aromatic carbocycles. The van der Waals surface area contributed by atoms with Gasteiger partial charge in [0.25, 0.3) is 5.91 Å². The van der Waals surface area contributed by atoms with E-state index in [-0.39, 0.29) is 5.91 Å². The van der Waals surface area contributed by atoms with Crippen molar-refractivity contribution in [3.05, 3.63) is 65.7 Å². The summed E-state index contributed by atoms with van der Waals surface area (Å²) in [6, 6.07) is 9.56. The van der Waals surface area contributed by atoms with E-state index in [1.807, 2.05) is 48.1 Å². The number of amides is 1. The molecule has 0 radical (unpaired) electrons. The number of rotatable bonds is 4. The van der Waals surface area contributed by atoms with Crippen LogP contribution < -0.4 is 5.32 Å². The van der Waals surface area contributed by atoms with Gasteiger partial charge in [0.05, 0.1) is 18.3 Å². The van der Waals surface area contributed by atoms with Gasteiger partial charge >= 0.3 is 0 Å². The Balaban J connectivity index is 1.82. The van der Waals surface area contributed by atoms with Crippen LogP contribution in [0, 0.1) is 6.92 Å². The third-order valence-corrected chi connectivity index (χ3v) is 3.23. The van der Waals surface area contributed by atoms with Crippen LogP contribution in [0.5, 0.6) is 0 Å². The van der Waals surface area contributed by atoms with Gasteiger partial charge in [-0.1, -0.05) is 18.2 Å². The van der Waals surface area contributed by atoms with E-state index in [0.29, 0.717) is 12.1 Å². The molecule has 21 heavy (non-hydrogen) atoms. The Morgan fingerprint density at radius 3 is 2.90 bits per heavy atom. The van der Waals surface area contributed by atoms with Crippen molar-refractivity contribution in [2.75, 3.05) is 5.32 Å². The van der Waals surface area contributed by atoms with E-state index in [0.717, 1.165) is 16.9 Å². The fourth-order valence-corrected chi connectivity index (χ4v) is 2.12. The molecule has 0 spiro atoms. The Hall–Kier alpha value is -2.89. The molecule has 0 bridgehead atoms. The predicted octanol–water partition coefficient (Wildman–Crippen LogP) is 2.22. The second kappa shape index (κ2) is 5.62. The molecule has 0 saturated carbocycles. The zero-order chi connectivity index (χ0) is 14.7. The lowest BCUT2D eigenvalue weighted by atomic mass is 10.1. The number of benzene rings is 1. The third-order valence-electron chi connectivity index (χ3n) is 3.23. The summed E-state index contributed by atoms with van der Waals surface area (Å²) < 4.78 is 1.81. The Morgan fingerprint density at radius 2 is 2.19 bits per heavy atom. The van der Waals surface area contributed by atoms with Crippen LogP contribution in [0.15, 0.2) is 48.9 Å². The van der Waals surface area contributed by atoms with E-state index in [1.165, 1.54) is 6.20 Å². The van der Waals surface area contributed by atoms with Gasteiger partial charge in [-0.05, 0) is 24.6 Å². The molecule has 2 N–H and O–H groups in total. The molecule has 1 amide bonds. The van der Waals surface area contributed by atoms with Gasteiger partial charge in [-0.2, -0.15) is 10.2 Å². The van der Waals surface area contributed by atoms with E-state index in [1.54, 1.807) is 6.20 Å². The molecule has 3 rings (SSSR count). The average molecular weight is 281 g/mol. The van der Waals surface area contributed by atoms with Crippen molar-refractivity contribution >= 4 is 11.6 Å². The zero-order valence-corrected chi connectivity index (χ0v) is 11.6. The maximum atomic E-state index is 12.3. The Labute approximate surface area is 121 Å². The first-order valence-corrected chi connectivity index (χ1v) is 6.60. The van der Waals surface area contributed by atoms with Crippen molar-refractivity contribution in [3.8, 4) is 0 Å². The summed E-state index contributed by atoms with van der Waals surface area (Å²) in [6.45, 7) is 2.42. The SMILES string of the molecule is Cc1[nH]ncc1C(=O)Nc1ccccc1Cn1cccn1. The smallest absolute Gasteiger partial charge is 0.259 e. The van der Waals surface area contributed by atoms with Crippen LogP contribution in [-0.2, 0) is 6.54 Å². The molecule has 106 valence electrons. The maximum Gasteiger partial charge on any atom is 0.259 e. The van der Waals surface area contributed by atoms with E-state index < -0.39 is 0 Å². The number of hydrogen-bond acceptors (Lipinski definition) is 3. The minimum Gasteiger partial charge on any atom is -0.322 e. The van der Waals surface area contributed by atoms with Gasteiger partial charge in [0.1, 0.15) is 0 Å². The number of aromatic nitrogens is 4. The zero-order valence-electron chi connectivity index (χ0n) is 11.6. The summed E-state index contributed by atoms with van der Waals surface area (Å²) in [7, 11) is 0. The van der Waals surface area contributed by atoms with Crippen LogP contribution in [-0.4, -0.2) is 25.9 Å². The van der Waals surface area contributed by atoms with Crippen molar-refractivity contribution in [3.63, 3.8) is 0 Å². The van der Waals surface area contributed by atoms with Crippen molar-refractivity contribution < 1.29 is 4.79 Å².